The minimum Gasteiger partial charge on any atom is -0.469 e. The second-order valence-corrected chi connectivity index (χ2v) is 6.41. The fourth-order valence-electron chi connectivity index (χ4n) is 2.31. The molecule has 1 atom stereocenters. The number of rotatable bonds is 5. The Labute approximate surface area is 120 Å². The molecule has 1 aliphatic rings. The first-order valence-electron chi connectivity index (χ1n) is 7.13. The predicted octanol–water partition coefficient (Wildman–Crippen LogP) is 3.71. The third kappa shape index (κ3) is 3.78. The van der Waals surface area contributed by atoms with Crippen molar-refractivity contribution in [3.63, 3.8) is 0 Å². The topological polar surface area (TPSA) is 37.5 Å². The van der Waals surface area contributed by atoms with Crippen LogP contribution in [0, 0.1) is 5.41 Å². The van der Waals surface area contributed by atoms with Gasteiger partial charge in [0.15, 0.2) is 5.17 Å². The van der Waals surface area contributed by atoms with Crippen molar-refractivity contribution in [1.82, 2.24) is 5.32 Å². The summed E-state index contributed by atoms with van der Waals surface area (Å²) in [5.74, 6) is 2.21. The molecule has 2 rings (SSSR count). The molecule has 19 heavy (non-hydrogen) atoms. The molecule has 106 valence electrons. The summed E-state index contributed by atoms with van der Waals surface area (Å²) < 4.78 is 5.37. The zero-order chi connectivity index (χ0) is 13.7. The van der Waals surface area contributed by atoms with Gasteiger partial charge in [-0.1, -0.05) is 25.6 Å². The van der Waals surface area contributed by atoms with Gasteiger partial charge in [-0.15, -0.1) is 0 Å². The highest BCUT2D eigenvalue weighted by Crippen LogP contribution is 2.34. The average Bonchev–Trinajstić information content (AvgIpc) is 2.93. The molecule has 0 bridgehead atoms. The minimum atomic E-state index is 0.355. The van der Waals surface area contributed by atoms with Crippen LogP contribution < -0.4 is 5.32 Å². The Morgan fingerprint density at radius 1 is 1.47 bits per heavy atom. The van der Waals surface area contributed by atoms with Crippen molar-refractivity contribution >= 4 is 16.9 Å². The molecule has 1 aliphatic heterocycles. The number of thioether (sulfide) groups is 1. The normalized spacial score (nSPS) is 19.8. The molecule has 2 heterocycles. The van der Waals surface area contributed by atoms with Gasteiger partial charge in [0.2, 0.25) is 0 Å². The van der Waals surface area contributed by atoms with Crippen molar-refractivity contribution in [3.05, 3.63) is 24.2 Å². The van der Waals surface area contributed by atoms with E-state index < -0.39 is 0 Å². The monoisotopic (exact) mass is 280 g/mol. The summed E-state index contributed by atoms with van der Waals surface area (Å²) in [6, 6.07) is 4.31. The molecular formula is C15H24N2OS. The Kier molecular flexibility index (Phi) is 4.97. The Balaban J connectivity index is 1.85. The molecule has 1 N–H and O–H groups in total. The Morgan fingerprint density at radius 2 is 2.26 bits per heavy atom. The van der Waals surface area contributed by atoms with E-state index in [1.165, 1.54) is 18.6 Å². The summed E-state index contributed by atoms with van der Waals surface area (Å²) in [6.45, 7) is 7.69. The summed E-state index contributed by atoms with van der Waals surface area (Å²) in [5.41, 5.74) is 0.417. The van der Waals surface area contributed by atoms with Crippen LogP contribution in [-0.2, 0) is 6.42 Å². The van der Waals surface area contributed by atoms with Gasteiger partial charge in [-0.05, 0) is 37.3 Å². The van der Waals surface area contributed by atoms with Gasteiger partial charge in [-0.3, -0.25) is 4.99 Å². The van der Waals surface area contributed by atoms with Crippen LogP contribution in [0.1, 0.15) is 39.4 Å². The molecule has 0 aromatic carbocycles. The molecule has 3 nitrogen and oxygen atoms in total. The highest BCUT2D eigenvalue weighted by molar-refractivity contribution is 8.13. The molecule has 4 heteroatoms. The van der Waals surface area contributed by atoms with Crippen LogP contribution in [0.3, 0.4) is 0 Å². The molecule has 0 spiro atoms. The van der Waals surface area contributed by atoms with Gasteiger partial charge in [0.1, 0.15) is 5.76 Å². The highest BCUT2D eigenvalue weighted by atomic mass is 32.2. The zero-order valence-corrected chi connectivity index (χ0v) is 12.9. The van der Waals surface area contributed by atoms with E-state index in [-0.39, 0.29) is 0 Å². The van der Waals surface area contributed by atoms with Crippen LogP contribution in [0.25, 0.3) is 0 Å². The molecule has 0 aliphatic carbocycles. The van der Waals surface area contributed by atoms with Gasteiger partial charge in [-0.2, -0.15) is 0 Å². The molecule has 0 amide bonds. The van der Waals surface area contributed by atoms with Crippen molar-refractivity contribution in [2.75, 3.05) is 12.3 Å². The predicted molar refractivity (Wildman–Crippen MR) is 82.8 cm³/mol. The van der Waals surface area contributed by atoms with Crippen LogP contribution in [-0.4, -0.2) is 23.5 Å². The fourth-order valence-corrected chi connectivity index (χ4v) is 3.69. The van der Waals surface area contributed by atoms with Crippen LogP contribution in [0.4, 0.5) is 0 Å². The molecule has 0 fully saturated rings. The first-order valence-corrected chi connectivity index (χ1v) is 8.12. The SMILES string of the molecule is CCC1(CC)CN=C(NC(C)Cc2ccco2)SC1. The first-order chi connectivity index (χ1) is 9.17. The lowest BCUT2D eigenvalue weighted by Gasteiger charge is -2.34. The highest BCUT2D eigenvalue weighted by Gasteiger charge is 2.30. The molecule has 1 aromatic rings. The van der Waals surface area contributed by atoms with E-state index in [1.807, 2.05) is 23.9 Å². The standard InChI is InChI=1S/C15H24N2OS/c1-4-15(5-2)10-16-14(19-11-15)17-12(3)9-13-7-6-8-18-13/h6-8,12H,4-5,9-11H2,1-3H3,(H,16,17). The number of hydrogen-bond donors (Lipinski definition) is 1. The van der Waals surface area contributed by atoms with Crippen LogP contribution in [0.15, 0.2) is 27.8 Å². The van der Waals surface area contributed by atoms with Crippen molar-refractivity contribution in [2.45, 2.75) is 46.1 Å². The molecule has 0 radical (unpaired) electrons. The summed E-state index contributed by atoms with van der Waals surface area (Å²) in [5, 5.41) is 4.59. The number of aliphatic imine (C=N–C) groups is 1. The van der Waals surface area contributed by atoms with E-state index in [4.69, 9.17) is 9.41 Å². The maximum atomic E-state index is 5.37. The van der Waals surface area contributed by atoms with Crippen LogP contribution >= 0.6 is 11.8 Å². The maximum Gasteiger partial charge on any atom is 0.156 e. The average molecular weight is 280 g/mol. The molecular weight excluding hydrogens is 256 g/mol. The zero-order valence-electron chi connectivity index (χ0n) is 12.1. The van der Waals surface area contributed by atoms with Crippen molar-refractivity contribution < 1.29 is 4.42 Å². The molecule has 1 unspecified atom stereocenters. The largest absolute Gasteiger partial charge is 0.469 e. The summed E-state index contributed by atoms with van der Waals surface area (Å²) in [7, 11) is 0. The summed E-state index contributed by atoms with van der Waals surface area (Å²) >= 11 is 1.87. The Hall–Kier alpha value is -0.900. The van der Waals surface area contributed by atoms with E-state index in [9.17, 15) is 0 Å². The Bertz CT molecular complexity index is 410. The van der Waals surface area contributed by atoms with Crippen molar-refractivity contribution in [2.24, 2.45) is 10.4 Å². The van der Waals surface area contributed by atoms with Crippen molar-refractivity contribution in [1.29, 1.82) is 0 Å². The smallest absolute Gasteiger partial charge is 0.156 e. The van der Waals surface area contributed by atoms with Gasteiger partial charge in [-0.25, -0.2) is 0 Å². The van der Waals surface area contributed by atoms with E-state index in [0.717, 1.165) is 23.9 Å². The minimum absolute atomic E-state index is 0.355. The van der Waals surface area contributed by atoms with E-state index in [1.54, 1.807) is 6.26 Å². The second-order valence-electron chi connectivity index (χ2n) is 5.45. The third-order valence-corrected chi connectivity index (χ3v) is 5.31. The number of furan rings is 1. The first kappa shape index (κ1) is 14.5. The van der Waals surface area contributed by atoms with Gasteiger partial charge in [0.05, 0.1) is 6.26 Å². The van der Waals surface area contributed by atoms with Crippen LogP contribution in [0.2, 0.25) is 0 Å². The summed E-state index contributed by atoms with van der Waals surface area (Å²) in [6.07, 6.45) is 5.06. The van der Waals surface area contributed by atoms with Gasteiger partial charge < -0.3 is 9.73 Å². The Morgan fingerprint density at radius 3 is 2.79 bits per heavy atom. The lowest BCUT2D eigenvalue weighted by atomic mass is 9.84. The fraction of sp³-hybridized carbons (Fsp3) is 0.667. The second kappa shape index (κ2) is 6.51. The van der Waals surface area contributed by atoms with Crippen molar-refractivity contribution in [3.8, 4) is 0 Å². The third-order valence-electron chi connectivity index (χ3n) is 4.03. The van der Waals surface area contributed by atoms with Gasteiger partial charge in [0, 0.05) is 24.8 Å². The van der Waals surface area contributed by atoms with E-state index >= 15 is 0 Å². The lowest BCUT2D eigenvalue weighted by Crippen LogP contribution is -2.38. The maximum absolute atomic E-state index is 5.37. The number of nitrogens with zero attached hydrogens (tertiary/aromatic N) is 1. The van der Waals surface area contributed by atoms with Crippen LogP contribution in [0.5, 0.6) is 0 Å². The summed E-state index contributed by atoms with van der Waals surface area (Å²) in [4.78, 5) is 4.73. The van der Waals surface area contributed by atoms with Gasteiger partial charge >= 0.3 is 0 Å². The number of amidine groups is 1. The molecule has 0 saturated carbocycles. The molecule has 0 saturated heterocycles. The molecule has 1 aromatic heterocycles. The van der Waals surface area contributed by atoms with Gasteiger partial charge in [0.25, 0.3) is 0 Å². The van der Waals surface area contributed by atoms with E-state index in [2.05, 4.69) is 26.1 Å². The quantitative estimate of drug-likeness (QED) is 0.893. The number of nitrogens with one attached hydrogen (secondary N) is 1. The lowest BCUT2D eigenvalue weighted by molar-refractivity contribution is 0.318. The van der Waals surface area contributed by atoms with E-state index in [0.29, 0.717) is 11.5 Å². The number of hydrogen-bond acceptors (Lipinski definition) is 4.